The number of nitrogens with one attached hydrogen (secondary N) is 1. The van der Waals surface area contributed by atoms with Crippen LogP contribution in [0, 0.1) is 0 Å². The van der Waals surface area contributed by atoms with E-state index in [2.05, 4.69) is 12.2 Å². The van der Waals surface area contributed by atoms with Crippen LogP contribution in [-0.4, -0.2) is 14.5 Å². The Kier molecular flexibility index (Phi) is 3.51. The number of nitrogens with two attached hydrogens (primary N) is 1. The normalized spacial score (nSPS) is 18.7. The van der Waals surface area contributed by atoms with Crippen LogP contribution in [0.1, 0.15) is 37.8 Å². The van der Waals surface area contributed by atoms with E-state index in [0.717, 1.165) is 5.56 Å². The number of rotatable bonds is 4. The lowest BCUT2D eigenvalue weighted by atomic mass is 9.92. The maximum atomic E-state index is 11.1. The maximum Gasteiger partial charge on any atom is 0.238 e. The van der Waals surface area contributed by atoms with E-state index in [1.807, 2.05) is 12.1 Å². The van der Waals surface area contributed by atoms with Gasteiger partial charge in [-0.3, -0.25) is 0 Å². The molecular formula is C12H18N2O2S. The SMILES string of the molecule is CC(NC1CCC1)c1ccc(S(N)(=O)=O)cc1. The molecule has 1 aromatic carbocycles. The second-order valence-electron chi connectivity index (χ2n) is 4.63. The molecule has 1 aromatic rings. The topological polar surface area (TPSA) is 72.2 Å². The molecule has 1 aliphatic rings. The average Bonchev–Trinajstić information content (AvgIpc) is 2.22. The number of hydrogen-bond acceptors (Lipinski definition) is 3. The predicted molar refractivity (Wildman–Crippen MR) is 67.0 cm³/mol. The van der Waals surface area contributed by atoms with Crippen LogP contribution in [0.2, 0.25) is 0 Å². The van der Waals surface area contributed by atoms with Gasteiger partial charge in [-0.2, -0.15) is 0 Å². The lowest BCUT2D eigenvalue weighted by molar-refractivity contribution is 0.313. The quantitative estimate of drug-likeness (QED) is 0.856. The Morgan fingerprint density at radius 2 is 1.88 bits per heavy atom. The minimum Gasteiger partial charge on any atom is -0.307 e. The molecule has 1 saturated carbocycles. The Morgan fingerprint density at radius 1 is 1.29 bits per heavy atom. The summed E-state index contributed by atoms with van der Waals surface area (Å²) in [4.78, 5) is 0.164. The van der Waals surface area contributed by atoms with E-state index >= 15 is 0 Å². The van der Waals surface area contributed by atoms with E-state index < -0.39 is 10.0 Å². The summed E-state index contributed by atoms with van der Waals surface area (Å²) in [6, 6.07) is 7.61. The Labute approximate surface area is 102 Å². The van der Waals surface area contributed by atoms with Crippen molar-refractivity contribution in [2.45, 2.75) is 43.2 Å². The fraction of sp³-hybridized carbons (Fsp3) is 0.500. The molecule has 2 rings (SSSR count). The first-order valence-corrected chi connectivity index (χ1v) is 7.40. The minimum atomic E-state index is -3.58. The Bertz CT molecular complexity index is 478. The maximum absolute atomic E-state index is 11.1. The number of benzene rings is 1. The van der Waals surface area contributed by atoms with E-state index in [-0.39, 0.29) is 10.9 Å². The Hall–Kier alpha value is -0.910. The van der Waals surface area contributed by atoms with Crippen LogP contribution in [0.3, 0.4) is 0 Å². The second kappa shape index (κ2) is 4.76. The van der Waals surface area contributed by atoms with Crippen LogP contribution in [0.4, 0.5) is 0 Å². The summed E-state index contributed by atoms with van der Waals surface area (Å²) < 4.78 is 22.2. The highest BCUT2D eigenvalue weighted by molar-refractivity contribution is 7.89. The van der Waals surface area contributed by atoms with Crippen LogP contribution in [0.5, 0.6) is 0 Å². The zero-order chi connectivity index (χ0) is 12.5. The molecule has 1 aliphatic carbocycles. The standard InChI is InChI=1S/C12H18N2O2S/c1-9(14-11-3-2-4-11)10-5-7-12(8-6-10)17(13,15)16/h5-9,11,14H,2-4H2,1H3,(H2,13,15,16). The third-order valence-electron chi connectivity index (χ3n) is 3.30. The zero-order valence-electron chi connectivity index (χ0n) is 9.89. The van der Waals surface area contributed by atoms with Gasteiger partial charge in [0.2, 0.25) is 10.0 Å². The molecule has 1 atom stereocenters. The fourth-order valence-corrected chi connectivity index (χ4v) is 2.49. The van der Waals surface area contributed by atoms with Gasteiger partial charge in [0.15, 0.2) is 0 Å². The third-order valence-corrected chi connectivity index (χ3v) is 4.23. The van der Waals surface area contributed by atoms with Crippen molar-refractivity contribution in [3.8, 4) is 0 Å². The van der Waals surface area contributed by atoms with Crippen LogP contribution in [0.15, 0.2) is 29.2 Å². The van der Waals surface area contributed by atoms with Gasteiger partial charge >= 0.3 is 0 Å². The zero-order valence-corrected chi connectivity index (χ0v) is 10.7. The van der Waals surface area contributed by atoms with Crippen molar-refractivity contribution in [3.63, 3.8) is 0 Å². The molecule has 0 aromatic heterocycles. The highest BCUT2D eigenvalue weighted by Crippen LogP contribution is 2.23. The number of hydrogen-bond donors (Lipinski definition) is 2. The number of sulfonamides is 1. The lowest BCUT2D eigenvalue weighted by Crippen LogP contribution is -2.36. The first-order valence-electron chi connectivity index (χ1n) is 5.85. The molecule has 94 valence electrons. The van der Waals surface area contributed by atoms with Gasteiger partial charge in [-0.15, -0.1) is 0 Å². The molecule has 0 saturated heterocycles. The van der Waals surface area contributed by atoms with Crippen LogP contribution in [0.25, 0.3) is 0 Å². The van der Waals surface area contributed by atoms with E-state index in [0.29, 0.717) is 6.04 Å². The number of primary sulfonamides is 1. The van der Waals surface area contributed by atoms with Gasteiger partial charge in [0.1, 0.15) is 0 Å². The summed E-state index contributed by atoms with van der Waals surface area (Å²) in [5, 5.41) is 8.56. The van der Waals surface area contributed by atoms with E-state index in [1.54, 1.807) is 12.1 Å². The summed E-state index contributed by atoms with van der Waals surface area (Å²) in [6.07, 6.45) is 3.77. The van der Waals surface area contributed by atoms with Gasteiger partial charge in [0.25, 0.3) is 0 Å². The summed E-state index contributed by atoms with van der Waals surface area (Å²) >= 11 is 0. The van der Waals surface area contributed by atoms with Gasteiger partial charge in [0.05, 0.1) is 4.90 Å². The van der Waals surface area contributed by atoms with Crippen molar-refractivity contribution in [1.82, 2.24) is 5.32 Å². The van der Waals surface area contributed by atoms with Gasteiger partial charge in [-0.05, 0) is 37.5 Å². The minimum absolute atomic E-state index is 0.164. The van der Waals surface area contributed by atoms with Gasteiger partial charge in [-0.25, -0.2) is 13.6 Å². The summed E-state index contributed by atoms with van der Waals surface area (Å²) in [6.45, 7) is 2.09. The molecule has 0 bridgehead atoms. The van der Waals surface area contributed by atoms with Crippen LogP contribution in [-0.2, 0) is 10.0 Å². The van der Waals surface area contributed by atoms with Crippen LogP contribution >= 0.6 is 0 Å². The molecule has 0 aliphatic heterocycles. The van der Waals surface area contributed by atoms with E-state index in [4.69, 9.17) is 5.14 Å². The smallest absolute Gasteiger partial charge is 0.238 e. The molecule has 0 amide bonds. The molecule has 1 fully saturated rings. The third kappa shape index (κ3) is 3.06. The monoisotopic (exact) mass is 254 g/mol. The first kappa shape index (κ1) is 12.5. The van der Waals surface area contributed by atoms with Crippen molar-refractivity contribution in [2.75, 3.05) is 0 Å². The molecule has 3 N–H and O–H groups in total. The van der Waals surface area contributed by atoms with Gasteiger partial charge in [0, 0.05) is 12.1 Å². The molecule has 0 spiro atoms. The van der Waals surface area contributed by atoms with Gasteiger partial charge < -0.3 is 5.32 Å². The molecule has 0 heterocycles. The van der Waals surface area contributed by atoms with Gasteiger partial charge in [-0.1, -0.05) is 18.6 Å². The summed E-state index contributed by atoms with van der Waals surface area (Å²) in [7, 11) is -3.58. The Morgan fingerprint density at radius 3 is 2.29 bits per heavy atom. The van der Waals surface area contributed by atoms with Crippen molar-refractivity contribution < 1.29 is 8.42 Å². The highest BCUT2D eigenvalue weighted by Gasteiger charge is 2.19. The Balaban J connectivity index is 2.06. The van der Waals surface area contributed by atoms with Crippen LogP contribution < -0.4 is 10.5 Å². The highest BCUT2D eigenvalue weighted by atomic mass is 32.2. The van der Waals surface area contributed by atoms with E-state index in [1.165, 1.54) is 19.3 Å². The van der Waals surface area contributed by atoms with Crippen molar-refractivity contribution in [1.29, 1.82) is 0 Å². The predicted octanol–water partition coefficient (Wildman–Crippen LogP) is 1.54. The van der Waals surface area contributed by atoms with Crippen molar-refractivity contribution >= 4 is 10.0 Å². The van der Waals surface area contributed by atoms with Crippen molar-refractivity contribution in [3.05, 3.63) is 29.8 Å². The molecule has 1 unspecified atom stereocenters. The molecule has 5 heteroatoms. The molecular weight excluding hydrogens is 236 g/mol. The fourth-order valence-electron chi connectivity index (χ4n) is 1.97. The molecule has 17 heavy (non-hydrogen) atoms. The summed E-state index contributed by atoms with van der Waals surface area (Å²) in [5.74, 6) is 0. The largest absolute Gasteiger partial charge is 0.307 e. The van der Waals surface area contributed by atoms with Crippen molar-refractivity contribution in [2.24, 2.45) is 5.14 Å². The second-order valence-corrected chi connectivity index (χ2v) is 6.19. The average molecular weight is 254 g/mol. The first-order chi connectivity index (χ1) is 7.97. The van der Waals surface area contributed by atoms with E-state index in [9.17, 15) is 8.42 Å². The molecule has 0 radical (unpaired) electrons. The lowest BCUT2D eigenvalue weighted by Gasteiger charge is -2.30. The summed E-state index contributed by atoms with van der Waals surface area (Å²) in [5.41, 5.74) is 1.09. The molecule has 4 nitrogen and oxygen atoms in total.